The van der Waals surface area contributed by atoms with Crippen LogP contribution in [0.5, 0.6) is 17.2 Å². The highest BCUT2D eigenvalue weighted by molar-refractivity contribution is 6.07. The van der Waals surface area contributed by atoms with Crippen LogP contribution in [0.3, 0.4) is 0 Å². The third kappa shape index (κ3) is 4.95. The summed E-state index contributed by atoms with van der Waals surface area (Å²) in [5, 5.41) is 0. The molecule has 1 fully saturated rings. The molecule has 9 nitrogen and oxygen atoms in total. The van der Waals surface area contributed by atoms with Gasteiger partial charge in [-0.15, -0.1) is 0 Å². The SMILES string of the molecule is COc1cc(N(C)C(=O)c2cc3nc(-c4ccnc(CN5CCCC5)c4)ccc3[nH]2)cc(OC)c1OC. The number of fused-ring (bicyclic) bond motifs is 1. The van der Waals surface area contributed by atoms with E-state index in [4.69, 9.17) is 19.2 Å². The predicted octanol–water partition coefficient (Wildman–Crippen LogP) is 4.52. The van der Waals surface area contributed by atoms with Gasteiger partial charge in [-0.1, -0.05) is 0 Å². The number of carbonyl (C=O) groups is 1. The van der Waals surface area contributed by atoms with Crippen LogP contribution < -0.4 is 19.1 Å². The molecule has 1 saturated heterocycles. The fraction of sp³-hybridized carbons (Fsp3) is 0.321. The van der Waals surface area contributed by atoms with Crippen LogP contribution in [0.2, 0.25) is 0 Å². The van der Waals surface area contributed by atoms with Crippen molar-refractivity contribution in [2.75, 3.05) is 46.4 Å². The predicted molar refractivity (Wildman–Crippen MR) is 143 cm³/mol. The maximum Gasteiger partial charge on any atom is 0.274 e. The van der Waals surface area contributed by atoms with Gasteiger partial charge in [-0.05, 0) is 56.3 Å². The maximum atomic E-state index is 13.4. The minimum Gasteiger partial charge on any atom is -0.493 e. The molecule has 0 radical (unpaired) electrons. The Labute approximate surface area is 216 Å². The Kier molecular flexibility index (Phi) is 6.96. The minimum atomic E-state index is -0.217. The average molecular weight is 502 g/mol. The fourth-order valence-corrected chi connectivity index (χ4v) is 4.74. The normalized spacial score (nSPS) is 13.6. The molecule has 0 saturated carbocycles. The molecule has 37 heavy (non-hydrogen) atoms. The summed E-state index contributed by atoms with van der Waals surface area (Å²) in [7, 11) is 6.33. The fourth-order valence-electron chi connectivity index (χ4n) is 4.74. The van der Waals surface area contributed by atoms with Gasteiger partial charge in [0, 0.05) is 37.5 Å². The van der Waals surface area contributed by atoms with E-state index in [9.17, 15) is 4.79 Å². The van der Waals surface area contributed by atoms with E-state index in [0.29, 0.717) is 28.6 Å². The van der Waals surface area contributed by atoms with Gasteiger partial charge in [0.15, 0.2) is 11.5 Å². The third-order valence-corrected chi connectivity index (χ3v) is 6.74. The van der Waals surface area contributed by atoms with Crippen molar-refractivity contribution in [2.45, 2.75) is 19.4 Å². The summed E-state index contributed by atoms with van der Waals surface area (Å²) in [6, 6.07) is 13.2. The Morgan fingerprint density at radius 2 is 1.73 bits per heavy atom. The summed E-state index contributed by atoms with van der Waals surface area (Å²) < 4.78 is 16.3. The Hall–Kier alpha value is -4.11. The molecular weight excluding hydrogens is 470 g/mol. The Bertz CT molecular complexity index is 1400. The number of amides is 1. The lowest BCUT2D eigenvalue weighted by Crippen LogP contribution is -2.26. The molecule has 0 atom stereocenters. The number of hydrogen-bond acceptors (Lipinski definition) is 7. The molecular formula is C28H31N5O4. The van der Waals surface area contributed by atoms with Crippen molar-refractivity contribution < 1.29 is 19.0 Å². The van der Waals surface area contributed by atoms with Gasteiger partial charge < -0.3 is 24.1 Å². The van der Waals surface area contributed by atoms with E-state index in [1.807, 2.05) is 24.4 Å². The Morgan fingerprint density at radius 1 is 1.00 bits per heavy atom. The molecule has 4 heterocycles. The molecule has 0 aliphatic carbocycles. The first-order chi connectivity index (χ1) is 18.0. The van der Waals surface area contributed by atoms with Crippen LogP contribution in [0.4, 0.5) is 5.69 Å². The molecule has 1 aliphatic heterocycles. The van der Waals surface area contributed by atoms with E-state index in [0.717, 1.165) is 47.6 Å². The summed E-state index contributed by atoms with van der Waals surface area (Å²) in [5.41, 5.74) is 5.43. The number of aromatic nitrogens is 3. The highest BCUT2D eigenvalue weighted by Gasteiger charge is 2.21. The maximum absolute atomic E-state index is 13.4. The summed E-state index contributed by atoms with van der Waals surface area (Å²) in [5.74, 6) is 1.20. The van der Waals surface area contributed by atoms with E-state index >= 15 is 0 Å². The molecule has 1 aromatic carbocycles. The van der Waals surface area contributed by atoms with E-state index in [1.54, 1.807) is 46.6 Å². The highest BCUT2D eigenvalue weighted by atomic mass is 16.5. The van der Waals surface area contributed by atoms with Crippen LogP contribution in [0.15, 0.2) is 48.7 Å². The number of likely N-dealkylation sites (tertiary alicyclic amines) is 1. The number of carbonyl (C=O) groups excluding carboxylic acids is 1. The summed E-state index contributed by atoms with van der Waals surface area (Å²) in [6.45, 7) is 3.10. The molecule has 9 heteroatoms. The van der Waals surface area contributed by atoms with Crippen molar-refractivity contribution in [1.82, 2.24) is 19.9 Å². The number of anilines is 1. The van der Waals surface area contributed by atoms with Gasteiger partial charge in [-0.2, -0.15) is 0 Å². The van der Waals surface area contributed by atoms with Crippen LogP contribution in [-0.4, -0.2) is 67.2 Å². The summed E-state index contributed by atoms with van der Waals surface area (Å²) in [6.07, 6.45) is 4.34. The second-order valence-corrected chi connectivity index (χ2v) is 9.08. The van der Waals surface area contributed by atoms with Crippen molar-refractivity contribution >= 4 is 22.6 Å². The molecule has 4 aromatic rings. The quantitative estimate of drug-likeness (QED) is 0.379. The molecule has 0 spiro atoms. The van der Waals surface area contributed by atoms with Gasteiger partial charge in [-0.3, -0.25) is 14.7 Å². The van der Waals surface area contributed by atoms with E-state index in [1.165, 1.54) is 17.7 Å². The summed E-state index contributed by atoms with van der Waals surface area (Å²) >= 11 is 0. The average Bonchev–Trinajstić information content (AvgIpc) is 3.61. The van der Waals surface area contributed by atoms with Gasteiger partial charge in [0.05, 0.1) is 49.4 Å². The molecule has 1 amide bonds. The van der Waals surface area contributed by atoms with Crippen molar-refractivity contribution in [1.29, 1.82) is 0 Å². The zero-order valence-electron chi connectivity index (χ0n) is 21.6. The molecule has 3 aromatic heterocycles. The number of rotatable bonds is 8. The second-order valence-electron chi connectivity index (χ2n) is 9.08. The van der Waals surface area contributed by atoms with Crippen LogP contribution in [0, 0.1) is 0 Å². The number of benzene rings is 1. The van der Waals surface area contributed by atoms with Gasteiger partial charge in [0.25, 0.3) is 5.91 Å². The van der Waals surface area contributed by atoms with Crippen molar-refractivity contribution in [3.63, 3.8) is 0 Å². The lowest BCUT2D eigenvalue weighted by molar-refractivity contribution is 0.0989. The van der Waals surface area contributed by atoms with E-state index in [-0.39, 0.29) is 5.91 Å². The van der Waals surface area contributed by atoms with Gasteiger partial charge in [-0.25, -0.2) is 4.98 Å². The number of aromatic amines is 1. The van der Waals surface area contributed by atoms with Crippen molar-refractivity contribution in [2.24, 2.45) is 0 Å². The number of nitrogens with one attached hydrogen (secondary N) is 1. The molecule has 1 N–H and O–H groups in total. The number of nitrogens with zero attached hydrogens (tertiary/aromatic N) is 4. The zero-order chi connectivity index (χ0) is 25.9. The number of hydrogen-bond donors (Lipinski definition) is 1. The first kappa shape index (κ1) is 24.6. The number of ether oxygens (including phenoxy) is 3. The van der Waals surface area contributed by atoms with E-state index in [2.05, 4.69) is 20.9 Å². The first-order valence-corrected chi connectivity index (χ1v) is 12.3. The highest BCUT2D eigenvalue weighted by Crippen LogP contribution is 2.41. The zero-order valence-corrected chi connectivity index (χ0v) is 21.6. The van der Waals surface area contributed by atoms with Crippen LogP contribution in [0.1, 0.15) is 29.0 Å². The number of H-pyrrole nitrogens is 1. The largest absolute Gasteiger partial charge is 0.493 e. The third-order valence-electron chi connectivity index (χ3n) is 6.74. The van der Waals surface area contributed by atoms with Gasteiger partial charge in [0.1, 0.15) is 5.69 Å². The Balaban J connectivity index is 1.40. The summed E-state index contributed by atoms with van der Waals surface area (Å²) in [4.78, 5) is 29.9. The molecule has 5 rings (SSSR count). The smallest absolute Gasteiger partial charge is 0.274 e. The first-order valence-electron chi connectivity index (χ1n) is 12.3. The van der Waals surface area contributed by atoms with E-state index < -0.39 is 0 Å². The van der Waals surface area contributed by atoms with Crippen LogP contribution in [-0.2, 0) is 6.54 Å². The molecule has 0 unspecified atom stereocenters. The van der Waals surface area contributed by atoms with Gasteiger partial charge in [0.2, 0.25) is 5.75 Å². The lowest BCUT2D eigenvalue weighted by Gasteiger charge is -2.20. The molecule has 0 bridgehead atoms. The molecule has 1 aliphatic rings. The standard InChI is InChI=1S/C28H31N5O4/c1-32(20-14-25(35-2)27(37-4)26(15-20)36-3)28(34)24-16-23-22(31-24)8-7-21(30-23)18-9-10-29-19(13-18)17-33-11-5-6-12-33/h7-10,13-16,31H,5-6,11-12,17H2,1-4H3. The van der Waals surface area contributed by atoms with Crippen molar-refractivity contribution in [3.8, 4) is 28.5 Å². The number of pyridine rings is 2. The number of methoxy groups -OCH3 is 3. The topological polar surface area (TPSA) is 92.8 Å². The van der Waals surface area contributed by atoms with Crippen molar-refractivity contribution in [3.05, 3.63) is 60.0 Å². The van der Waals surface area contributed by atoms with Crippen LogP contribution >= 0.6 is 0 Å². The molecule has 192 valence electrons. The second kappa shape index (κ2) is 10.5. The lowest BCUT2D eigenvalue weighted by atomic mass is 10.1. The monoisotopic (exact) mass is 501 g/mol. The Morgan fingerprint density at radius 3 is 2.41 bits per heavy atom. The van der Waals surface area contributed by atoms with Gasteiger partial charge >= 0.3 is 0 Å². The van der Waals surface area contributed by atoms with Crippen LogP contribution in [0.25, 0.3) is 22.3 Å². The minimum absolute atomic E-state index is 0.217.